The average Bonchev–Trinajstić information content (AvgIpc) is 1.99. The zero-order valence-electron chi connectivity index (χ0n) is 9.39. The van der Waals surface area contributed by atoms with Crippen LogP contribution >= 0.6 is 0 Å². The lowest BCUT2D eigenvalue weighted by Crippen LogP contribution is -2.36. The van der Waals surface area contributed by atoms with E-state index < -0.39 is 18.4 Å². The SMILES string of the molecule is C[N+](C)(C)CCO.O=C([O-])CCC(=O)O. The molecule has 0 bridgehead atoms. The van der Waals surface area contributed by atoms with Crippen LogP contribution in [0.25, 0.3) is 0 Å². The number of carboxylic acid groups (broad SMARTS) is 2. The molecule has 0 spiro atoms. The zero-order chi connectivity index (χ0) is 12.5. The van der Waals surface area contributed by atoms with E-state index in [4.69, 9.17) is 10.2 Å². The molecule has 0 aromatic carbocycles. The van der Waals surface area contributed by atoms with Gasteiger partial charge >= 0.3 is 5.97 Å². The van der Waals surface area contributed by atoms with E-state index in [1.807, 2.05) is 0 Å². The van der Waals surface area contributed by atoms with Crippen molar-refractivity contribution in [2.45, 2.75) is 12.8 Å². The molecule has 0 unspecified atom stereocenters. The zero-order valence-corrected chi connectivity index (χ0v) is 9.39. The van der Waals surface area contributed by atoms with Crippen molar-refractivity contribution in [1.82, 2.24) is 0 Å². The van der Waals surface area contributed by atoms with Crippen molar-refractivity contribution in [2.24, 2.45) is 0 Å². The first-order chi connectivity index (χ1) is 6.69. The van der Waals surface area contributed by atoms with Gasteiger partial charge in [-0.25, -0.2) is 0 Å². The van der Waals surface area contributed by atoms with Crippen molar-refractivity contribution in [3.05, 3.63) is 0 Å². The maximum absolute atomic E-state index is 9.61. The Morgan fingerprint density at radius 2 is 1.67 bits per heavy atom. The van der Waals surface area contributed by atoms with E-state index in [1.54, 1.807) is 0 Å². The molecule has 6 nitrogen and oxygen atoms in total. The highest BCUT2D eigenvalue weighted by Gasteiger charge is 2.02. The number of likely N-dealkylation sites (N-methyl/N-ethyl adjacent to an activating group) is 1. The van der Waals surface area contributed by atoms with Gasteiger partial charge in [-0.05, 0) is 6.42 Å². The quantitative estimate of drug-likeness (QED) is 0.538. The van der Waals surface area contributed by atoms with Crippen molar-refractivity contribution in [1.29, 1.82) is 0 Å². The number of quaternary nitrogens is 1. The van der Waals surface area contributed by atoms with Crippen LogP contribution in [0.1, 0.15) is 12.8 Å². The molecule has 0 aromatic rings. The van der Waals surface area contributed by atoms with Crippen LogP contribution in [0.15, 0.2) is 0 Å². The number of hydrogen-bond acceptors (Lipinski definition) is 4. The topological polar surface area (TPSA) is 97.7 Å². The summed E-state index contributed by atoms with van der Waals surface area (Å²) in [6.07, 6.45) is -0.766. The van der Waals surface area contributed by atoms with Crippen LogP contribution < -0.4 is 5.11 Å². The first-order valence-corrected chi connectivity index (χ1v) is 4.52. The second-order valence-electron chi connectivity index (χ2n) is 4.00. The summed E-state index contributed by atoms with van der Waals surface area (Å²) in [5.41, 5.74) is 0. The molecule has 0 fully saturated rings. The van der Waals surface area contributed by atoms with E-state index in [-0.39, 0.29) is 13.0 Å². The van der Waals surface area contributed by atoms with Gasteiger partial charge in [-0.15, -0.1) is 0 Å². The summed E-state index contributed by atoms with van der Waals surface area (Å²) in [5, 5.41) is 25.8. The summed E-state index contributed by atoms with van der Waals surface area (Å²) in [4.78, 5) is 19.1. The molecule has 0 aliphatic heterocycles. The number of carbonyl (C=O) groups excluding carboxylic acids is 1. The monoisotopic (exact) mass is 221 g/mol. The summed E-state index contributed by atoms with van der Waals surface area (Å²) >= 11 is 0. The van der Waals surface area contributed by atoms with E-state index in [1.165, 1.54) is 0 Å². The van der Waals surface area contributed by atoms with Crippen molar-refractivity contribution in [3.63, 3.8) is 0 Å². The Bertz CT molecular complexity index is 183. The second-order valence-corrected chi connectivity index (χ2v) is 4.00. The van der Waals surface area contributed by atoms with E-state index in [9.17, 15) is 14.7 Å². The Kier molecular flexibility index (Phi) is 8.90. The van der Waals surface area contributed by atoms with E-state index in [0.717, 1.165) is 11.0 Å². The predicted molar refractivity (Wildman–Crippen MR) is 51.9 cm³/mol. The largest absolute Gasteiger partial charge is 0.550 e. The number of nitrogens with zero attached hydrogens (tertiary/aromatic N) is 1. The van der Waals surface area contributed by atoms with Crippen LogP contribution in [-0.2, 0) is 9.59 Å². The number of carboxylic acids is 2. The molecule has 15 heavy (non-hydrogen) atoms. The van der Waals surface area contributed by atoms with Crippen molar-refractivity contribution < 1.29 is 29.4 Å². The molecule has 0 radical (unpaired) electrons. The summed E-state index contributed by atoms with van der Waals surface area (Å²) < 4.78 is 0.844. The molecule has 0 aliphatic rings. The van der Waals surface area contributed by atoms with Crippen LogP contribution in [0.5, 0.6) is 0 Å². The molecule has 0 atom stereocenters. The molecule has 90 valence electrons. The number of aliphatic carboxylic acids is 2. The number of carbonyl (C=O) groups is 2. The first kappa shape index (κ1) is 16.3. The summed E-state index contributed by atoms with van der Waals surface area (Å²) in [6.45, 7) is 1.11. The van der Waals surface area contributed by atoms with Gasteiger partial charge in [-0.2, -0.15) is 0 Å². The average molecular weight is 221 g/mol. The fourth-order valence-corrected chi connectivity index (χ4v) is 0.509. The van der Waals surface area contributed by atoms with E-state index in [2.05, 4.69) is 21.1 Å². The number of rotatable bonds is 5. The Balaban J connectivity index is 0. The molecule has 0 saturated carbocycles. The second kappa shape index (κ2) is 8.19. The first-order valence-electron chi connectivity index (χ1n) is 4.52. The minimum Gasteiger partial charge on any atom is -0.550 e. The van der Waals surface area contributed by atoms with Gasteiger partial charge in [-0.1, -0.05) is 0 Å². The molecule has 0 aromatic heterocycles. The van der Waals surface area contributed by atoms with Crippen molar-refractivity contribution >= 4 is 11.9 Å². The molecular weight excluding hydrogens is 202 g/mol. The molecule has 6 heteroatoms. The molecular formula is C9H19NO5. The highest BCUT2D eigenvalue weighted by atomic mass is 16.4. The third-order valence-electron chi connectivity index (χ3n) is 1.31. The van der Waals surface area contributed by atoms with Crippen molar-refractivity contribution in [3.8, 4) is 0 Å². The summed E-state index contributed by atoms with van der Waals surface area (Å²) in [7, 11) is 6.16. The van der Waals surface area contributed by atoms with Crippen LogP contribution in [0, 0.1) is 0 Å². The van der Waals surface area contributed by atoms with Gasteiger partial charge in [0.2, 0.25) is 0 Å². The van der Waals surface area contributed by atoms with Crippen molar-refractivity contribution in [2.75, 3.05) is 34.3 Å². The fraction of sp³-hybridized carbons (Fsp3) is 0.778. The van der Waals surface area contributed by atoms with Crippen LogP contribution in [-0.4, -0.2) is 60.9 Å². The van der Waals surface area contributed by atoms with Gasteiger partial charge in [0.1, 0.15) is 6.54 Å². The molecule has 0 amide bonds. The van der Waals surface area contributed by atoms with E-state index >= 15 is 0 Å². The lowest BCUT2D eigenvalue weighted by Gasteiger charge is -2.21. The smallest absolute Gasteiger partial charge is 0.303 e. The highest BCUT2D eigenvalue weighted by molar-refractivity contribution is 5.74. The van der Waals surface area contributed by atoms with Gasteiger partial charge in [0.05, 0.1) is 34.2 Å². The third kappa shape index (κ3) is 24.6. The number of hydrogen-bond donors (Lipinski definition) is 2. The molecule has 0 heterocycles. The Hall–Kier alpha value is -1.14. The molecule has 0 rings (SSSR count). The van der Waals surface area contributed by atoms with Gasteiger partial charge in [0.25, 0.3) is 0 Å². The Morgan fingerprint density at radius 3 is 1.73 bits per heavy atom. The minimum absolute atomic E-state index is 0.281. The lowest BCUT2D eigenvalue weighted by atomic mass is 10.3. The highest BCUT2D eigenvalue weighted by Crippen LogP contribution is 1.85. The predicted octanol–water partition coefficient (Wildman–Crippen LogP) is -1.71. The summed E-state index contributed by atoms with van der Waals surface area (Å²) in [5.74, 6) is -2.44. The maximum atomic E-state index is 9.61. The third-order valence-corrected chi connectivity index (χ3v) is 1.31. The summed E-state index contributed by atoms with van der Waals surface area (Å²) in [6, 6.07) is 0. The fourth-order valence-electron chi connectivity index (χ4n) is 0.509. The van der Waals surface area contributed by atoms with Gasteiger partial charge in [-0.3, -0.25) is 4.79 Å². The van der Waals surface area contributed by atoms with Gasteiger partial charge in [0.15, 0.2) is 0 Å². The lowest BCUT2D eigenvalue weighted by molar-refractivity contribution is -0.870. The Labute approximate surface area is 89.3 Å². The molecule has 0 aliphatic carbocycles. The van der Waals surface area contributed by atoms with Gasteiger partial charge in [0, 0.05) is 5.97 Å². The van der Waals surface area contributed by atoms with Gasteiger partial charge < -0.3 is 24.6 Å². The maximum Gasteiger partial charge on any atom is 0.303 e. The van der Waals surface area contributed by atoms with Crippen LogP contribution in [0.2, 0.25) is 0 Å². The van der Waals surface area contributed by atoms with Crippen LogP contribution in [0.4, 0.5) is 0 Å². The molecule has 2 N–H and O–H groups in total. The standard InChI is InChI=1S/C5H14NO.C4H6O4/c1-6(2,3)4-5-7;5-3(6)1-2-4(7)8/h7H,4-5H2,1-3H3;1-2H2,(H,5,6)(H,7,8)/q+1;/p-1. The number of aliphatic hydroxyl groups is 1. The minimum atomic E-state index is -1.33. The van der Waals surface area contributed by atoms with E-state index in [0.29, 0.717) is 0 Å². The molecule has 0 saturated heterocycles. The number of aliphatic hydroxyl groups excluding tert-OH is 1. The normalized spacial score (nSPS) is 10.1. The Morgan fingerprint density at radius 1 is 1.20 bits per heavy atom. The van der Waals surface area contributed by atoms with Crippen LogP contribution in [0.3, 0.4) is 0 Å².